The molecule has 0 aromatic carbocycles. The van der Waals surface area contributed by atoms with Crippen molar-refractivity contribution < 1.29 is 14.6 Å². The third-order valence-corrected chi connectivity index (χ3v) is 2.63. The maximum atomic E-state index is 8.72. The number of ether oxygens (including phenoxy) is 2. The minimum Gasteiger partial charge on any atom is -0.396 e. The van der Waals surface area contributed by atoms with Crippen molar-refractivity contribution >= 4 is 0 Å². The average molecular weight is 174 g/mol. The van der Waals surface area contributed by atoms with Crippen LogP contribution in [0.25, 0.3) is 0 Å². The maximum Gasteiger partial charge on any atom is 0.162 e. The maximum absolute atomic E-state index is 8.72. The highest BCUT2D eigenvalue weighted by Crippen LogP contribution is 2.38. The zero-order chi connectivity index (χ0) is 9.03. The highest BCUT2D eigenvalue weighted by atomic mass is 16.7. The number of rotatable bonds is 4. The molecule has 2 atom stereocenters. The fourth-order valence-corrected chi connectivity index (χ4v) is 1.80. The van der Waals surface area contributed by atoms with Crippen molar-refractivity contribution in [2.45, 2.75) is 32.5 Å². The van der Waals surface area contributed by atoms with Crippen LogP contribution in [-0.4, -0.2) is 31.7 Å². The zero-order valence-corrected chi connectivity index (χ0v) is 7.88. The Bertz CT molecular complexity index is 138. The van der Waals surface area contributed by atoms with Gasteiger partial charge in [0.05, 0.1) is 6.61 Å². The predicted molar refractivity (Wildman–Crippen MR) is 45.8 cm³/mol. The third kappa shape index (κ3) is 1.97. The van der Waals surface area contributed by atoms with Gasteiger partial charge in [0.2, 0.25) is 0 Å². The van der Waals surface area contributed by atoms with Gasteiger partial charge in [0, 0.05) is 19.1 Å². The van der Waals surface area contributed by atoms with Crippen molar-refractivity contribution in [2.75, 3.05) is 20.3 Å². The molecule has 1 aliphatic heterocycles. The van der Waals surface area contributed by atoms with Crippen LogP contribution in [0.1, 0.15) is 26.2 Å². The standard InChI is InChI=1S/C9H18O3/c1-9(4-3-6-10)5-7-12-8(9)11-2/h8,10H,3-7H2,1-2H3/t8?,9-/m1/s1. The third-order valence-electron chi connectivity index (χ3n) is 2.63. The van der Waals surface area contributed by atoms with Crippen LogP contribution >= 0.6 is 0 Å². The molecule has 72 valence electrons. The van der Waals surface area contributed by atoms with Gasteiger partial charge in [-0.1, -0.05) is 6.92 Å². The van der Waals surface area contributed by atoms with Gasteiger partial charge >= 0.3 is 0 Å². The molecule has 12 heavy (non-hydrogen) atoms. The van der Waals surface area contributed by atoms with Gasteiger partial charge in [-0.15, -0.1) is 0 Å². The second-order valence-electron chi connectivity index (χ2n) is 3.67. The summed E-state index contributed by atoms with van der Waals surface area (Å²) in [7, 11) is 1.67. The first-order chi connectivity index (χ1) is 5.73. The summed E-state index contributed by atoms with van der Waals surface area (Å²) in [6.07, 6.45) is 2.76. The Morgan fingerprint density at radius 1 is 1.67 bits per heavy atom. The Morgan fingerprint density at radius 2 is 2.42 bits per heavy atom. The normalized spacial score (nSPS) is 35.8. The van der Waals surface area contributed by atoms with Gasteiger partial charge in [-0.2, -0.15) is 0 Å². The molecule has 1 rings (SSSR count). The summed E-state index contributed by atoms with van der Waals surface area (Å²) in [4.78, 5) is 0. The molecule has 0 saturated carbocycles. The van der Waals surface area contributed by atoms with Crippen LogP contribution in [0.2, 0.25) is 0 Å². The van der Waals surface area contributed by atoms with E-state index in [2.05, 4.69) is 6.92 Å². The van der Waals surface area contributed by atoms with E-state index in [-0.39, 0.29) is 18.3 Å². The van der Waals surface area contributed by atoms with E-state index in [9.17, 15) is 0 Å². The number of aliphatic hydroxyl groups excluding tert-OH is 1. The molecule has 0 radical (unpaired) electrons. The summed E-state index contributed by atoms with van der Waals surface area (Å²) in [5.74, 6) is 0. The molecule has 1 aliphatic rings. The van der Waals surface area contributed by atoms with Crippen LogP contribution in [-0.2, 0) is 9.47 Å². The molecule has 0 aromatic heterocycles. The Morgan fingerprint density at radius 3 is 3.00 bits per heavy atom. The largest absolute Gasteiger partial charge is 0.396 e. The molecule has 1 fully saturated rings. The quantitative estimate of drug-likeness (QED) is 0.695. The summed E-state index contributed by atoms with van der Waals surface area (Å²) in [5.41, 5.74) is 0.109. The minimum atomic E-state index is -0.0796. The number of hydrogen-bond acceptors (Lipinski definition) is 3. The van der Waals surface area contributed by atoms with Gasteiger partial charge in [-0.25, -0.2) is 0 Å². The number of methoxy groups -OCH3 is 1. The van der Waals surface area contributed by atoms with E-state index >= 15 is 0 Å². The Hall–Kier alpha value is -0.120. The van der Waals surface area contributed by atoms with Crippen molar-refractivity contribution in [3.63, 3.8) is 0 Å². The highest BCUT2D eigenvalue weighted by molar-refractivity contribution is 4.82. The van der Waals surface area contributed by atoms with E-state index in [1.54, 1.807) is 7.11 Å². The smallest absolute Gasteiger partial charge is 0.162 e. The molecular weight excluding hydrogens is 156 g/mol. The lowest BCUT2D eigenvalue weighted by Crippen LogP contribution is -2.29. The first-order valence-corrected chi connectivity index (χ1v) is 4.48. The highest BCUT2D eigenvalue weighted by Gasteiger charge is 2.39. The zero-order valence-electron chi connectivity index (χ0n) is 7.88. The van der Waals surface area contributed by atoms with Crippen LogP contribution < -0.4 is 0 Å². The number of aliphatic hydroxyl groups is 1. The van der Waals surface area contributed by atoms with E-state index in [4.69, 9.17) is 14.6 Å². The SMILES string of the molecule is COC1OCC[C@@]1(C)CCCO. The second kappa shape index (κ2) is 4.21. The lowest BCUT2D eigenvalue weighted by Gasteiger charge is -2.28. The lowest BCUT2D eigenvalue weighted by molar-refractivity contribution is -0.139. The molecule has 0 aliphatic carbocycles. The molecule has 1 N–H and O–H groups in total. The second-order valence-corrected chi connectivity index (χ2v) is 3.67. The molecule has 0 amide bonds. The predicted octanol–water partition coefficient (Wildman–Crippen LogP) is 1.16. The molecule has 3 nitrogen and oxygen atoms in total. The van der Waals surface area contributed by atoms with E-state index in [0.29, 0.717) is 0 Å². The van der Waals surface area contributed by atoms with Crippen LogP contribution in [0.4, 0.5) is 0 Å². The molecule has 0 spiro atoms. The van der Waals surface area contributed by atoms with Crippen molar-refractivity contribution in [3.05, 3.63) is 0 Å². The average Bonchev–Trinajstić information content (AvgIpc) is 2.44. The van der Waals surface area contributed by atoms with Crippen LogP contribution in [0.15, 0.2) is 0 Å². The van der Waals surface area contributed by atoms with Gasteiger partial charge in [-0.05, 0) is 19.3 Å². The summed E-state index contributed by atoms with van der Waals surface area (Å²) in [6, 6.07) is 0. The van der Waals surface area contributed by atoms with E-state index in [1.165, 1.54) is 0 Å². The van der Waals surface area contributed by atoms with Crippen LogP contribution in [0.3, 0.4) is 0 Å². The number of hydrogen-bond donors (Lipinski definition) is 1. The monoisotopic (exact) mass is 174 g/mol. The summed E-state index contributed by atoms with van der Waals surface area (Å²) in [6.45, 7) is 3.19. The Kier molecular flexibility index (Phi) is 3.50. The fraction of sp³-hybridized carbons (Fsp3) is 1.00. The molecular formula is C9H18O3. The molecule has 1 unspecified atom stereocenters. The first kappa shape index (κ1) is 9.96. The summed E-state index contributed by atoms with van der Waals surface area (Å²) >= 11 is 0. The van der Waals surface area contributed by atoms with Gasteiger partial charge in [0.15, 0.2) is 6.29 Å². The van der Waals surface area contributed by atoms with E-state index < -0.39 is 0 Å². The topological polar surface area (TPSA) is 38.7 Å². The van der Waals surface area contributed by atoms with E-state index in [0.717, 1.165) is 25.9 Å². The van der Waals surface area contributed by atoms with Crippen LogP contribution in [0.5, 0.6) is 0 Å². The summed E-state index contributed by atoms with van der Waals surface area (Å²) in [5, 5.41) is 8.72. The molecule has 0 aromatic rings. The van der Waals surface area contributed by atoms with Crippen molar-refractivity contribution in [1.82, 2.24) is 0 Å². The van der Waals surface area contributed by atoms with Crippen LogP contribution in [0, 0.1) is 5.41 Å². The Balaban J connectivity index is 2.43. The van der Waals surface area contributed by atoms with Crippen molar-refractivity contribution in [2.24, 2.45) is 5.41 Å². The van der Waals surface area contributed by atoms with Gasteiger partial charge in [0.25, 0.3) is 0 Å². The van der Waals surface area contributed by atoms with Crippen molar-refractivity contribution in [3.8, 4) is 0 Å². The molecule has 0 bridgehead atoms. The summed E-state index contributed by atoms with van der Waals surface area (Å²) < 4.78 is 10.6. The van der Waals surface area contributed by atoms with Crippen molar-refractivity contribution in [1.29, 1.82) is 0 Å². The minimum absolute atomic E-state index is 0.0796. The van der Waals surface area contributed by atoms with E-state index in [1.807, 2.05) is 0 Å². The molecule has 3 heteroatoms. The van der Waals surface area contributed by atoms with Gasteiger partial charge in [0.1, 0.15) is 0 Å². The molecule has 1 saturated heterocycles. The first-order valence-electron chi connectivity index (χ1n) is 4.48. The molecule has 1 heterocycles. The lowest BCUT2D eigenvalue weighted by atomic mass is 9.83. The fourth-order valence-electron chi connectivity index (χ4n) is 1.80. The van der Waals surface area contributed by atoms with Gasteiger partial charge in [-0.3, -0.25) is 0 Å². The van der Waals surface area contributed by atoms with Gasteiger partial charge < -0.3 is 14.6 Å². The Labute approximate surface area is 73.7 Å².